The van der Waals surface area contributed by atoms with Crippen molar-refractivity contribution < 1.29 is 14.3 Å². The van der Waals surface area contributed by atoms with Gasteiger partial charge in [-0.2, -0.15) is 4.68 Å². The van der Waals surface area contributed by atoms with Gasteiger partial charge in [0.15, 0.2) is 5.78 Å². The number of rotatable bonds is 8. The highest BCUT2D eigenvalue weighted by Gasteiger charge is 2.15. The second kappa shape index (κ2) is 9.14. The standard InChI is InChI=1S/C19H19N5O3S/c1-3-18(26)20-14-10-8-13(9-11-14)16(25)12-28-19-21-22-23-24(19)15-6-4-5-7-17(15)27-2/h4-11H,3,12H2,1-2H3,(H,20,26). The summed E-state index contributed by atoms with van der Waals surface area (Å²) in [6, 6.07) is 14.2. The van der Waals surface area contributed by atoms with Crippen molar-refractivity contribution in [3.8, 4) is 11.4 Å². The molecule has 0 saturated carbocycles. The first-order valence-electron chi connectivity index (χ1n) is 8.60. The Morgan fingerprint density at radius 1 is 1.14 bits per heavy atom. The molecule has 0 aliphatic heterocycles. The van der Waals surface area contributed by atoms with E-state index in [1.807, 2.05) is 24.3 Å². The van der Waals surface area contributed by atoms with Crippen LogP contribution in [0.4, 0.5) is 5.69 Å². The molecule has 0 unspecified atom stereocenters. The summed E-state index contributed by atoms with van der Waals surface area (Å²) in [4.78, 5) is 23.9. The van der Waals surface area contributed by atoms with Crippen LogP contribution in [0.15, 0.2) is 53.7 Å². The first-order chi connectivity index (χ1) is 13.6. The number of ether oxygens (including phenoxy) is 1. The van der Waals surface area contributed by atoms with Gasteiger partial charge in [-0.25, -0.2) is 0 Å². The summed E-state index contributed by atoms with van der Waals surface area (Å²) in [7, 11) is 1.58. The number of hydrogen-bond donors (Lipinski definition) is 1. The van der Waals surface area contributed by atoms with E-state index in [1.54, 1.807) is 43.0 Å². The van der Waals surface area contributed by atoms with Crippen molar-refractivity contribution >= 4 is 29.1 Å². The molecule has 0 aliphatic rings. The molecule has 28 heavy (non-hydrogen) atoms. The van der Waals surface area contributed by atoms with Gasteiger partial charge in [0, 0.05) is 17.7 Å². The van der Waals surface area contributed by atoms with E-state index >= 15 is 0 Å². The molecule has 0 saturated heterocycles. The third-order valence-electron chi connectivity index (χ3n) is 3.90. The highest BCUT2D eigenvalue weighted by atomic mass is 32.2. The Hall–Kier alpha value is -3.20. The molecule has 0 aliphatic carbocycles. The maximum absolute atomic E-state index is 12.5. The van der Waals surface area contributed by atoms with Crippen molar-refractivity contribution in [2.75, 3.05) is 18.2 Å². The van der Waals surface area contributed by atoms with Crippen LogP contribution in [0.3, 0.4) is 0 Å². The van der Waals surface area contributed by atoms with Gasteiger partial charge in [-0.3, -0.25) is 9.59 Å². The van der Waals surface area contributed by atoms with Gasteiger partial charge in [-0.05, 0) is 46.8 Å². The molecule has 1 amide bonds. The van der Waals surface area contributed by atoms with Gasteiger partial charge >= 0.3 is 0 Å². The molecule has 3 rings (SSSR count). The summed E-state index contributed by atoms with van der Waals surface area (Å²) >= 11 is 1.24. The Labute approximate surface area is 166 Å². The molecule has 0 atom stereocenters. The number of aromatic nitrogens is 4. The van der Waals surface area contributed by atoms with Crippen LogP contribution in [0.25, 0.3) is 5.69 Å². The maximum Gasteiger partial charge on any atom is 0.224 e. The van der Waals surface area contributed by atoms with Gasteiger partial charge in [0.1, 0.15) is 11.4 Å². The number of methoxy groups -OCH3 is 1. The number of ketones is 1. The molecule has 0 radical (unpaired) electrons. The second-order valence-electron chi connectivity index (χ2n) is 5.74. The van der Waals surface area contributed by atoms with Crippen molar-refractivity contribution in [3.05, 3.63) is 54.1 Å². The van der Waals surface area contributed by atoms with Crippen molar-refractivity contribution in [2.24, 2.45) is 0 Å². The Kier molecular flexibility index (Phi) is 6.38. The summed E-state index contributed by atoms with van der Waals surface area (Å²) < 4.78 is 6.89. The molecule has 0 fully saturated rings. The zero-order chi connectivity index (χ0) is 19.9. The lowest BCUT2D eigenvalue weighted by Gasteiger charge is -2.09. The lowest BCUT2D eigenvalue weighted by atomic mass is 10.1. The zero-order valence-corrected chi connectivity index (χ0v) is 16.3. The third-order valence-corrected chi connectivity index (χ3v) is 4.82. The molecule has 1 aromatic heterocycles. The van der Waals surface area contributed by atoms with Crippen LogP contribution in [-0.4, -0.2) is 44.8 Å². The largest absolute Gasteiger partial charge is 0.494 e. The molecule has 144 valence electrons. The Morgan fingerprint density at radius 3 is 2.61 bits per heavy atom. The average molecular weight is 397 g/mol. The number of amides is 1. The number of hydrogen-bond acceptors (Lipinski definition) is 7. The molecule has 3 aromatic rings. The van der Waals surface area contributed by atoms with E-state index in [0.29, 0.717) is 34.3 Å². The van der Waals surface area contributed by atoms with E-state index < -0.39 is 0 Å². The van der Waals surface area contributed by atoms with Crippen molar-refractivity contribution in [2.45, 2.75) is 18.5 Å². The van der Waals surface area contributed by atoms with Crippen molar-refractivity contribution in [3.63, 3.8) is 0 Å². The van der Waals surface area contributed by atoms with E-state index in [4.69, 9.17) is 4.74 Å². The van der Waals surface area contributed by atoms with Crippen molar-refractivity contribution in [1.29, 1.82) is 0 Å². The molecular formula is C19H19N5O3S. The van der Waals surface area contributed by atoms with Crippen LogP contribution >= 0.6 is 11.8 Å². The van der Waals surface area contributed by atoms with Gasteiger partial charge in [-0.15, -0.1) is 5.10 Å². The Morgan fingerprint density at radius 2 is 1.89 bits per heavy atom. The molecule has 1 heterocycles. The van der Waals surface area contributed by atoms with Crippen molar-refractivity contribution in [1.82, 2.24) is 20.2 Å². The minimum absolute atomic E-state index is 0.0621. The predicted molar refractivity (Wildman–Crippen MR) is 106 cm³/mol. The Balaban J connectivity index is 1.67. The van der Waals surface area contributed by atoms with Gasteiger partial charge in [0.2, 0.25) is 11.1 Å². The SMILES string of the molecule is CCC(=O)Nc1ccc(C(=O)CSc2nnnn2-c2ccccc2OC)cc1. The summed E-state index contributed by atoms with van der Waals surface area (Å²) in [6.45, 7) is 1.78. The van der Waals surface area contributed by atoms with Crippen LogP contribution in [0.2, 0.25) is 0 Å². The van der Waals surface area contributed by atoms with E-state index in [-0.39, 0.29) is 17.4 Å². The molecule has 1 N–H and O–H groups in total. The minimum Gasteiger partial charge on any atom is -0.494 e. The highest BCUT2D eigenvalue weighted by molar-refractivity contribution is 7.99. The fourth-order valence-corrected chi connectivity index (χ4v) is 3.21. The fraction of sp³-hybridized carbons (Fsp3) is 0.211. The number of carbonyl (C=O) groups is 2. The van der Waals surface area contributed by atoms with Gasteiger partial charge in [-0.1, -0.05) is 30.8 Å². The van der Waals surface area contributed by atoms with Gasteiger partial charge in [0.05, 0.1) is 12.9 Å². The molecule has 9 heteroatoms. The topological polar surface area (TPSA) is 99.0 Å². The number of nitrogens with one attached hydrogen (secondary N) is 1. The summed E-state index contributed by atoms with van der Waals surface area (Å²) in [5, 5.41) is 14.9. The number of Topliss-reactive ketones (excluding diaryl/α,β-unsaturated/α-hetero) is 1. The first-order valence-corrected chi connectivity index (χ1v) is 9.58. The average Bonchev–Trinajstić information content (AvgIpc) is 3.20. The number of anilines is 1. The van der Waals surface area contributed by atoms with Gasteiger partial charge < -0.3 is 10.1 Å². The van der Waals surface area contributed by atoms with E-state index in [0.717, 1.165) is 0 Å². The van der Waals surface area contributed by atoms with E-state index in [1.165, 1.54) is 11.8 Å². The highest BCUT2D eigenvalue weighted by Crippen LogP contribution is 2.26. The second-order valence-corrected chi connectivity index (χ2v) is 6.68. The number of benzene rings is 2. The Bertz CT molecular complexity index is 972. The summed E-state index contributed by atoms with van der Waals surface area (Å²) in [5.74, 6) is 0.675. The summed E-state index contributed by atoms with van der Waals surface area (Å²) in [6.07, 6.45) is 0.401. The van der Waals surface area contributed by atoms with Crippen LogP contribution in [0.5, 0.6) is 5.75 Å². The zero-order valence-electron chi connectivity index (χ0n) is 15.5. The fourth-order valence-electron chi connectivity index (χ4n) is 2.43. The smallest absolute Gasteiger partial charge is 0.224 e. The van der Waals surface area contributed by atoms with E-state index in [9.17, 15) is 9.59 Å². The molecule has 0 bridgehead atoms. The minimum atomic E-state index is -0.0715. The van der Waals surface area contributed by atoms with Crippen LogP contribution in [0, 0.1) is 0 Å². The number of nitrogens with zero attached hydrogens (tertiary/aromatic N) is 4. The monoisotopic (exact) mass is 397 g/mol. The van der Waals surface area contributed by atoms with Gasteiger partial charge in [0.25, 0.3) is 0 Å². The number of para-hydroxylation sites is 2. The molecule has 2 aromatic carbocycles. The first kappa shape index (κ1) is 19.6. The van der Waals surface area contributed by atoms with Crippen LogP contribution in [-0.2, 0) is 4.79 Å². The molecule has 8 nitrogen and oxygen atoms in total. The number of tetrazole rings is 1. The van der Waals surface area contributed by atoms with Crippen LogP contribution < -0.4 is 10.1 Å². The van der Waals surface area contributed by atoms with E-state index in [2.05, 4.69) is 20.8 Å². The quantitative estimate of drug-likeness (QED) is 0.461. The summed E-state index contributed by atoms with van der Waals surface area (Å²) in [5.41, 5.74) is 1.91. The molecular weight excluding hydrogens is 378 g/mol. The lowest BCUT2D eigenvalue weighted by Crippen LogP contribution is -2.10. The predicted octanol–water partition coefficient (Wildman–Crippen LogP) is 2.99. The number of carbonyl (C=O) groups excluding carboxylic acids is 2. The molecule has 0 spiro atoms. The third kappa shape index (κ3) is 4.55. The maximum atomic E-state index is 12.5. The normalized spacial score (nSPS) is 10.5. The number of thioether (sulfide) groups is 1. The van der Waals surface area contributed by atoms with Crippen LogP contribution in [0.1, 0.15) is 23.7 Å². The lowest BCUT2D eigenvalue weighted by molar-refractivity contribution is -0.115.